The van der Waals surface area contributed by atoms with Crippen LogP contribution in [0.15, 0.2) is 62.6 Å². The molecule has 0 aliphatic rings. The number of rotatable bonds is 7. The molecule has 0 saturated heterocycles. The Morgan fingerprint density at radius 2 is 1.08 bits per heavy atom. The summed E-state index contributed by atoms with van der Waals surface area (Å²) in [5, 5.41) is 36.6. The molecule has 4 N–H and O–H groups in total. The Hall–Kier alpha value is -2.42. The number of carbonyl (C=O) groups is 2. The lowest BCUT2D eigenvalue weighted by Gasteiger charge is -1.97. The van der Waals surface area contributed by atoms with Gasteiger partial charge in [-0.2, -0.15) is 0 Å². The molecule has 0 bridgehead atoms. The molecular weight excluding hydrogens is 732 g/mol. The number of carbonyl (C=O) groups excluding carboxylic acids is 2. The molecular formula is C22H16Br4N6O4. The van der Waals surface area contributed by atoms with E-state index in [-0.39, 0.29) is 36.0 Å². The van der Waals surface area contributed by atoms with Crippen LogP contribution in [0.1, 0.15) is 25.7 Å². The number of halogens is 4. The molecule has 2 amide bonds. The zero-order valence-electron chi connectivity index (χ0n) is 18.1. The number of H-pyrrole nitrogens is 2. The van der Waals surface area contributed by atoms with E-state index in [1.807, 2.05) is 12.1 Å². The van der Waals surface area contributed by atoms with Gasteiger partial charge in [0.15, 0.2) is 11.4 Å². The van der Waals surface area contributed by atoms with Gasteiger partial charge in [0.05, 0.1) is 11.0 Å². The largest absolute Gasteiger partial charge is 0.493 e. The van der Waals surface area contributed by atoms with E-state index in [4.69, 9.17) is 0 Å². The van der Waals surface area contributed by atoms with Gasteiger partial charge < -0.3 is 20.2 Å². The van der Waals surface area contributed by atoms with Crippen LogP contribution in [-0.2, 0) is 9.59 Å². The number of nitrogens with one attached hydrogen (secondary N) is 2. The first-order chi connectivity index (χ1) is 17.1. The second-order valence-electron chi connectivity index (χ2n) is 7.66. The Labute approximate surface area is 237 Å². The molecule has 0 fully saturated rings. The quantitative estimate of drug-likeness (QED) is 0.110. The first-order valence-electron chi connectivity index (χ1n) is 10.4. The molecule has 186 valence electrons. The van der Waals surface area contributed by atoms with E-state index in [2.05, 4.69) is 94.1 Å². The molecule has 0 spiro atoms. The standard InChI is InChI=1S/C22H16Br4N6O4/c23-9-5-11-17(13(25)7-9)27-21(35)19(11)31-29-15(33)3-1-2-4-16(34)30-32-20-12-6-10(24)8-14(26)18(12)28-22(20)36/h5-8,27-28,35-36H,1-4H2. The van der Waals surface area contributed by atoms with Crippen LogP contribution in [-0.4, -0.2) is 32.0 Å². The number of hydrogen-bond donors (Lipinski definition) is 4. The fraction of sp³-hybridized carbons (Fsp3) is 0.182. The molecule has 0 radical (unpaired) electrons. The number of fused-ring (bicyclic) bond motifs is 2. The van der Waals surface area contributed by atoms with Crippen molar-refractivity contribution in [3.8, 4) is 11.8 Å². The molecule has 0 aliphatic heterocycles. The molecule has 0 saturated carbocycles. The van der Waals surface area contributed by atoms with Gasteiger partial charge in [0.25, 0.3) is 11.8 Å². The van der Waals surface area contributed by atoms with E-state index >= 15 is 0 Å². The smallest absolute Gasteiger partial charge is 0.264 e. The van der Waals surface area contributed by atoms with Gasteiger partial charge >= 0.3 is 0 Å². The Balaban J connectivity index is 1.30. The van der Waals surface area contributed by atoms with Gasteiger partial charge in [-0.1, -0.05) is 31.9 Å². The van der Waals surface area contributed by atoms with Crippen LogP contribution in [0.4, 0.5) is 11.4 Å². The summed E-state index contributed by atoms with van der Waals surface area (Å²) in [6, 6.07) is 7.13. The van der Waals surface area contributed by atoms with Gasteiger partial charge in [0.1, 0.15) is 0 Å². The highest BCUT2D eigenvalue weighted by Crippen LogP contribution is 2.41. The van der Waals surface area contributed by atoms with E-state index in [1.54, 1.807) is 12.1 Å². The molecule has 4 aromatic rings. The number of amides is 2. The van der Waals surface area contributed by atoms with Crippen LogP contribution in [0.25, 0.3) is 21.8 Å². The van der Waals surface area contributed by atoms with E-state index in [0.717, 1.165) is 17.9 Å². The lowest BCUT2D eigenvalue weighted by atomic mass is 10.2. The molecule has 10 nitrogen and oxygen atoms in total. The van der Waals surface area contributed by atoms with Crippen LogP contribution in [0.5, 0.6) is 11.8 Å². The SMILES string of the molecule is O=C(CCCCC(=O)N=Nc1c(O)[nH]c2c(Br)cc(Br)cc12)N=Nc1c(O)[nH]c2c(Br)cc(Br)cc12. The van der Waals surface area contributed by atoms with Crippen molar-refractivity contribution < 1.29 is 19.8 Å². The average molecular weight is 748 g/mol. The average Bonchev–Trinajstić information content (AvgIpc) is 3.29. The van der Waals surface area contributed by atoms with Gasteiger partial charge in [-0.25, -0.2) is 0 Å². The number of nitrogens with zero attached hydrogens (tertiary/aromatic N) is 4. The third kappa shape index (κ3) is 5.93. The zero-order chi connectivity index (χ0) is 26.0. The van der Waals surface area contributed by atoms with Crippen molar-refractivity contribution in [2.45, 2.75) is 25.7 Å². The summed E-state index contributed by atoms with van der Waals surface area (Å²) in [5.74, 6) is -1.35. The van der Waals surface area contributed by atoms with E-state index in [1.165, 1.54) is 0 Å². The van der Waals surface area contributed by atoms with Crippen molar-refractivity contribution in [2.75, 3.05) is 0 Å². The number of unbranched alkanes of at least 4 members (excludes halogenated alkanes) is 1. The summed E-state index contributed by atoms with van der Waals surface area (Å²) in [4.78, 5) is 29.8. The topological polar surface area (TPSA) is 156 Å². The molecule has 2 aromatic carbocycles. The van der Waals surface area contributed by atoms with E-state index in [0.29, 0.717) is 34.6 Å². The molecule has 36 heavy (non-hydrogen) atoms. The van der Waals surface area contributed by atoms with Crippen LogP contribution in [0, 0.1) is 0 Å². The lowest BCUT2D eigenvalue weighted by Crippen LogP contribution is -1.95. The van der Waals surface area contributed by atoms with Crippen molar-refractivity contribution in [2.24, 2.45) is 20.5 Å². The number of aromatic hydroxyl groups is 2. The van der Waals surface area contributed by atoms with Crippen molar-refractivity contribution >= 4 is 109 Å². The van der Waals surface area contributed by atoms with E-state index in [9.17, 15) is 19.8 Å². The highest BCUT2D eigenvalue weighted by atomic mass is 79.9. The highest BCUT2D eigenvalue weighted by Gasteiger charge is 2.15. The summed E-state index contributed by atoms with van der Waals surface area (Å²) in [6.45, 7) is 0. The third-order valence-corrected chi connectivity index (χ3v) is 7.28. The van der Waals surface area contributed by atoms with Crippen molar-refractivity contribution in [1.82, 2.24) is 9.97 Å². The maximum atomic E-state index is 12.1. The summed E-state index contributed by atoms with van der Waals surface area (Å²) in [5.41, 5.74) is 1.59. The number of aromatic amines is 2. The van der Waals surface area contributed by atoms with Crippen LogP contribution >= 0.6 is 63.7 Å². The number of hydrogen-bond acceptors (Lipinski definition) is 6. The first kappa shape index (κ1) is 26.6. The van der Waals surface area contributed by atoms with Crippen molar-refractivity contribution in [1.29, 1.82) is 0 Å². The minimum atomic E-state index is -0.480. The normalized spacial score (nSPS) is 12.0. The maximum Gasteiger partial charge on any atom is 0.264 e. The Kier molecular flexibility index (Phi) is 8.37. The molecule has 2 heterocycles. The fourth-order valence-electron chi connectivity index (χ4n) is 3.45. The number of benzene rings is 2. The Morgan fingerprint density at radius 3 is 1.47 bits per heavy atom. The highest BCUT2D eigenvalue weighted by molar-refractivity contribution is 9.11. The second-order valence-corrected chi connectivity index (χ2v) is 11.2. The van der Waals surface area contributed by atoms with Gasteiger partial charge in [-0.15, -0.1) is 20.5 Å². The van der Waals surface area contributed by atoms with Gasteiger partial charge in [0.2, 0.25) is 11.8 Å². The molecule has 4 rings (SSSR count). The number of aromatic nitrogens is 2. The molecule has 14 heteroatoms. The lowest BCUT2D eigenvalue weighted by molar-refractivity contribution is -0.120. The minimum absolute atomic E-state index is 0.0791. The molecule has 2 aromatic heterocycles. The van der Waals surface area contributed by atoms with Crippen LogP contribution in [0.2, 0.25) is 0 Å². The first-order valence-corrected chi connectivity index (χ1v) is 13.6. The van der Waals surface area contributed by atoms with Crippen LogP contribution < -0.4 is 0 Å². The summed E-state index contributed by atoms with van der Waals surface area (Å²) < 4.78 is 2.98. The Bertz CT molecular complexity index is 1440. The fourth-order valence-corrected chi connectivity index (χ4v) is 6.10. The van der Waals surface area contributed by atoms with Gasteiger partial charge in [0, 0.05) is 41.5 Å². The van der Waals surface area contributed by atoms with Crippen molar-refractivity contribution in [3.63, 3.8) is 0 Å². The summed E-state index contributed by atoms with van der Waals surface area (Å²) in [7, 11) is 0. The zero-order valence-corrected chi connectivity index (χ0v) is 24.5. The summed E-state index contributed by atoms with van der Waals surface area (Å²) >= 11 is 13.6. The van der Waals surface area contributed by atoms with Crippen LogP contribution in [0.3, 0.4) is 0 Å². The summed E-state index contributed by atoms with van der Waals surface area (Å²) in [6.07, 6.45) is 0.952. The monoisotopic (exact) mass is 744 g/mol. The molecule has 0 atom stereocenters. The predicted octanol–water partition coefficient (Wildman–Crippen LogP) is 8.59. The molecule has 0 unspecified atom stereocenters. The van der Waals surface area contributed by atoms with E-state index < -0.39 is 11.8 Å². The molecule has 0 aliphatic carbocycles. The third-order valence-electron chi connectivity index (χ3n) is 5.11. The van der Waals surface area contributed by atoms with Crippen molar-refractivity contribution in [3.05, 3.63) is 42.2 Å². The van der Waals surface area contributed by atoms with Gasteiger partial charge in [-0.05, 0) is 69.0 Å². The second kappa shape index (κ2) is 11.3. The van der Waals surface area contributed by atoms with Gasteiger partial charge in [-0.3, -0.25) is 9.59 Å². The minimum Gasteiger partial charge on any atom is -0.493 e. The number of azo groups is 2. The predicted molar refractivity (Wildman–Crippen MR) is 148 cm³/mol. The maximum absolute atomic E-state index is 12.1. The Morgan fingerprint density at radius 1 is 0.694 bits per heavy atom.